The van der Waals surface area contributed by atoms with Crippen LogP contribution in [0.4, 0.5) is 0 Å². The Bertz CT molecular complexity index is 281. The van der Waals surface area contributed by atoms with Crippen molar-refractivity contribution in [2.45, 2.75) is 20.0 Å². The summed E-state index contributed by atoms with van der Waals surface area (Å²) >= 11 is 0. The molecule has 1 rings (SSSR count). The molecule has 13 heavy (non-hydrogen) atoms. The van der Waals surface area contributed by atoms with E-state index < -0.39 is 0 Å². The van der Waals surface area contributed by atoms with E-state index in [1.807, 2.05) is 0 Å². The lowest BCUT2D eigenvalue weighted by molar-refractivity contribution is -0.142. The lowest BCUT2D eigenvalue weighted by atomic mass is 10.3. The van der Waals surface area contributed by atoms with Crippen molar-refractivity contribution in [3.8, 4) is 0 Å². The standard InChI is InChI=1S/C8H11NO4/c1-2-12-8(11)3-6-5-13-7(4-10)9-6/h5,10H,2-4H2,1H3. The molecule has 0 saturated heterocycles. The molecule has 0 spiro atoms. The van der Waals surface area contributed by atoms with Gasteiger partial charge in [-0.25, -0.2) is 4.98 Å². The predicted molar refractivity (Wildman–Crippen MR) is 42.8 cm³/mol. The molecule has 0 aromatic carbocycles. The summed E-state index contributed by atoms with van der Waals surface area (Å²) in [5, 5.41) is 8.62. The van der Waals surface area contributed by atoms with Crippen LogP contribution in [0, 0.1) is 0 Å². The van der Waals surface area contributed by atoms with Crippen LogP contribution in [0.1, 0.15) is 18.5 Å². The molecule has 0 atom stereocenters. The molecule has 1 aromatic heterocycles. The zero-order valence-corrected chi connectivity index (χ0v) is 7.32. The first-order valence-electron chi connectivity index (χ1n) is 3.96. The molecule has 0 fully saturated rings. The van der Waals surface area contributed by atoms with E-state index in [9.17, 15) is 4.79 Å². The number of hydrogen-bond donors (Lipinski definition) is 1. The third-order valence-electron chi connectivity index (χ3n) is 1.37. The number of oxazole rings is 1. The second kappa shape index (κ2) is 4.61. The van der Waals surface area contributed by atoms with Crippen molar-refractivity contribution >= 4 is 5.97 Å². The number of carbonyl (C=O) groups is 1. The van der Waals surface area contributed by atoms with Gasteiger partial charge in [0.2, 0.25) is 5.89 Å². The monoisotopic (exact) mass is 185 g/mol. The molecule has 0 aliphatic carbocycles. The van der Waals surface area contributed by atoms with Gasteiger partial charge in [-0.1, -0.05) is 0 Å². The van der Waals surface area contributed by atoms with Crippen LogP contribution < -0.4 is 0 Å². The average molecular weight is 185 g/mol. The molecule has 5 heteroatoms. The summed E-state index contributed by atoms with van der Waals surface area (Å²) < 4.78 is 9.53. The Labute approximate surface area is 75.3 Å². The number of ether oxygens (including phenoxy) is 1. The van der Waals surface area contributed by atoms with Crippen molar-refractivity contribution in [2.75, 3.05) is 6.61 Å². The Morgan fingerprint density at radius 1 is 1.77 bits per heavy atom. The van der Waals surface area contributed by atoms with Crippen LogP contribution in [-0.2, 0) is 22.6 Å². The molecule has 0 amide bonds. The van der Waals surface area contributed by atoms with Crippen LogP contribution in [-0.4, -0.2) is 22.7 Å². The second-order valence-corrected chi connectivity index (χ2v) is 2.37. The number of carbonyl (C=O) groups excluding carboxylic acids is 1. The minimum absolute atomic E-state index is 0.0807. The number of rotatable bonds is 4. The van der Waals surface area contributed by atoms with Crippen molar-refractivity contribution in [1.29, 1.82) is 0 Å². The van der Waals surface area contributed by atoms with Crippen LogP contribution in [0.3, 0.4) is 0 Å². The third kappa shape index (κ3) is 2.87. The van der Waals surface area contributed by atoms with Gasteiger partial charge in [0.25, 0.3) is 0 Å². The molecule has 5 nitrogen and oxygen atoms in total. The Morgan fingerprint density at radius 2 is 2.54 bits per heavy atom. The Morgan fingerprint density at radius 3 is 3.08 bits per heavy atom. The van der Waals surface area contributed by atoms with Crippen molar-refractivity contribution in [3.63, 3.8) is 0 Å². The van der Waals surface area contributed by atoms with Gasteiger partial charge in [-0.2, -0.15) is 0 Å². The molecule has 72 valence electrons. The van der Waals surface area contributed by atoms with Gasteiger partial charge in [0.05, 0.1) is 18.7 Å². The Hall–Kier alpha value is -1.36. The highest BCUT2D eigenvalue weighted by Crippen LogP contribution is 2.03. The molecule has 1 aromatic rings. The van der Waals surface area contributed by atoms with Crippen LogP contribution in [0.25, 0.3) is 0 Å². The first-order valence-corrected chi connectivity index (χ1v) is 3.96. The van der Waals surface area contributed by atoms with Crippen LogP contribution >= 0.6 is 0 Å². The van der Waals surface area contributed by atoms with Crippen LogP contribution in [0.2, 0.25) is 0 Å². The summed E-state index contributed by atoms with van der Waals surface area (Å²) in [5.74, 6) is -0.139. The van der Waals surface area contributed by atoms with Gasteiger partial charge in [-0.3, -0.25) is 4.79 Å². The molecular weight excluding hydrogens is 174 g/mol. The average Bonchev–Trinajstić information content (AvgIpc) is 2.52. The molecule has 0 saturated carbocycles. The van der Waals surface area contributed by atoms with E-state index in [0.717, 1.165) is 0 Å². The fourth-order valence-corrected chi connectivity index (χ4v) is 0.863. The maximum Gasteiger partial charge on any atom is 0.311 e. The number of aromatic nitrogens is 1. The fourth-order valence-electron chi connectivity index (χ4n) is 0.863. The lowest BCUT2D eigenvalue weighted by Crippen LogP contribution is -2.07. The quantitative estimate of drug-likeness (QED) is 0.682. The van der Waals surface area contributed by atoms with Crippen molar-refractivity contribution < 1.29 is 19.1 Å². The van der Waals surface area contributed by atoms with E-state index in [4.69, 9.17) is 14.3 Å². The third-order valence-corrected chi connectivity index (χ3v) is 1.37. The molecule has 1 heterocycles. The smallest absolute Gasteiger partial charge is 0.311 e. The SMILES string of the molecule is CCOC(=O)Cc1coc(CO)n1. The number of hydrogen-bond acceptors (Lipinski definition) is 5. The summed E-state index contributed by atoms with van der Waals surface area (Å²) in [4.78, 5) is 14.8. The first-order chi connectivity index (χ1) is 6.26. The van der Waals surface area contributed by atoms with E-state index in [1.54, 1.807) is 6.92 Å². The molecule has 0 bridgehead atoms. The number of aliphatic hydroxyl groups is 1. The summed E-state index contributed by atoms with van der Waals surface area (Å²) in [5.41, 5.74) is 0.475. The molecular formula is C8H11NO4. The van der Waals surface area contributed by atoms with Gasteiger partial charge in [0.15, 0.2) is 0 Å². The number of nitrogens with zero attached hydrogens (tertiary/aromatic N) is 1. The predicted octanol–water partition coefficient (Wildman–Crippen LogP) is 0.273. The summed E-state index contributed by atoms with van der Waals surface area (Å²) in [6, 6.07) is 0. The van der Waals surface area contributed by atoms with E-state index in [1.165, 1.54) is 6.26 Å². The van der Waals surface area contributed by atoms with Gasteiger partial charge in [0, 0.05) is 0 Å². The van der Waals surface area contributed by atoms with E-state index in [0.29, 0.717) is 12.3 Å². The van der Waals surface area contributed by atoms with E-state index >= 15 is 0 Å². The second-order valence-electron chi connectivity index (χ2n) is 2.37. The maximum absolute atomic E-state index is 10.9. The summed E-state index contributed by atoms with van der Waals surface area (Å²) in [6.45, 7) is 1.83. The number of aliphatic hydroxyl groups excluding tert-OH is 1. The zero-order chi connectivity index (χ0) is 9.68. The minimum Gasteiger partial charge on any atom is -0.466 e. The van der Waals surface area contributed by atoms with E-state index in [-0.39, 0.29) is 24.9 Å². The van der Waals surface area contributed by atoms with Gasteiger partial charge >= 0.3 is 5.97 Å². The molecule has 0 unspecified atom stereocenters. The van der Waals surface area contributed by atoms with Crippen molar-refractivity contribution in [2.24, 2.45) is 0 Å². The Kier molecular flexibility index (Phi) is 3.45. The fraction of sp³-hybridized carbons (Fsp3) is 0.500. The first kappa shape index (κ1) is 9.73. The molecule has 1 N–H and O–H groups in total. The van der Waals surface area contributed by atoms with Gasteiger partial charge in [0.1, 0.15) is 12.9 Å². The number of esters is 1. The highest BCUT2D eigenvalue weighted by molar-refractivity contribution is 5.71. The summed E-state index contributed by atoms with van der Waals surface area (Å²) in [7, 11) is 0. The lowest BCUT2D eigenvalue weighted by Gasteiger charge is -1.96. The highest BCUT2D eigenvalue weighted by Gasteiger charge is 2.08. The topological polar surface area (TPSA) is 72.6 Å². The largest absolute Gasteiger partial charge is 0.466 e. The minimum atomic E-state index is -0.347. The van der Waals surface area contributed by atoms with Gasteiger partial charge < -0.3 is 14.3 Å². The van der Waals surface area contributed by atoms with E-state index in [2.05, 4.69) is 4.98 Å². The Balaban J connectivity index is 2.49. The maximum atomic E-state index is 10.9. The summed E-state index contributed by atoms with van der Waals surface area (Å²) in [6.07, 6.45) is 1.42. The van der Waals surface area contributed by atoms with Crippen LogP contribution in [0.15, 0.2) is 10.7 Å². The molecule has 0 aliphatic rings. The van der Waals surface area contributed by atoms with Crippen LogP contribution in [0.5, 0.6) is 0 Å². The zero-order valence-electron chi connectivity index (χ0n) is 7.32. The van der Waals surface area contributed by atoms with Crippen molar-refractivity contribution in [1.82, 2.24) is 4.98 Å². The van der Waals surface area contributed by atoms with Gasteiger partial charge in [-0.15, -0.1) is 0 Å². The normalized spacial score (nSPS) is 10.0. The highest BCUT2D eigenvalue weighted by atomic mass is 16.5. The molecule has 0 radical (unpaired) electrons. The van der Waals surface area contributed by atoms with Gasteiger partial charge in [-0.05, 0) is 6.92 Å². The van der Waals surface area contributed by atoms with Crippen molar-refractivity contribution in [3.05, 3.63) is 17.8 Å². The molecule has 0 aliphatic heterocycles.